The predicted molar refractivity (Wildman–Crippen MR) is 46.8 cm³/mol. The van der Waals surface area contributed by atoms with Crippen molar-refractivity contribution in [1.29, 1.82) is 5.26 Å². The summed E-state index contributed by atoms with van der Waals surface area (Å²) in [6, 6.07) is 2.00. The summed E-state index contributed by atoms with van der Waals surface area (Å²) in [6.45, 7) is 0.955. The molecule has 5 nitrogen and oxygen atoms in total. The molecule has 0 bridgehead atoms. The molecule has 0 saturated heterocycles. The number of nitrogens with zero attached hydrogens (tertiary/aromatic N) is 1. The predicted octanol–water partition coefficient (Wildman–Crippen LogP) is -1.55. The summed E-state index contributed by atoms with van der Waals surface area (Å²) in [4.78, 5) is 0. The van der Waals surface area contributed by atoms with Gasteiger partial charge in [0.05, 0.1) is 37.3 Å². The van der Waals surface area contributed by atoms with Gasteiger partial charge in [0.15, 0.2) is 0 Å². The number of nitriles is 1. The molecular weight excluding hydrogens is 172 g/mol. The number of nitrogens with one attached hydrogen (secondary N) is 1. The van der Waals surface area contributed by atoms with E-state index in [1.165, 1.54) is 0 Å². The van der Waals surface area contributed by atoms with Crippen LogP contribution in [0.2, 0.25) is 0 Å². The van der Waals surface area contributed by atoms with Gasteiger partial charge >= 0.3 is 0 Å². The average Bonchev–Trinajstić information content (AvgIpc) is 2.20. The Morgan fingerprint density at radius 1 is 1.31 bits per heavy atom. The van der Waals surface area contributed by atoms with Gasteiger partial charge in [-0.3, -0.25) is 0 Å². The summed E-state index contributed by atoms with van der Waals surface area (Å²) < 4.78 is 0. The fraction of sp³-hybridized carbons (Fsp3) is 0.875. The van der Waals surface area contributed by atoms with Crippen molar-refractivity contribution in [2.45, 2.75) is 12.5 Å². The van der Waals surface area contributed by atoms with Crippen molar-refractivity contribution in [3.8, 4) is 6.07 Å². The van der Waals surface area contributed by atoms with Crippen LogP contribution in [0.1, 0.15) is 6.92 Å². The first-order chi connectivity index (χ1) is 6.14. The smallest absolute Gasteiger partial charge is 0.0882 e. The molecule has 0 aliphatic rings. The lowest BCUT2D eigenvalue weighted by Crippen LogP contribution is -2.55. The third kappa shape index (κ3) is 3.70. The van der Waals surface area contributed by atoms with E-state index in [4.69, 9.17) is 20.6 Å². The molecule has 0 fully saturated rings. The molecule has 0 aliphatic carbocycles. The van der Waals surface area contributed by atoms with Crippen LogP contribution in [0.25, 0.3) is 0 Å². The van der Waals surface area contributed by atoms with Crippen LogP contribution in [0.3, 0.4) is 0 Å². The largest absolute Gasteiger partial charge is 0.394 e. The van der Waals surface area contributed by atoms with E-state index in [2.05, 4.69) is 5.32 Å². The Morgan fingerprint density at radius 3 is 2.08 bits per heavy atom. The normalized spacial score (nSPS) is 13.8. The van der Waals surface area contributed by atoms with Gasteiger partial charge in [0.25, 0.3) is 0 Å². The van der Waals surface area contributed by atoms with Gasteiger partial charge in [-0.15, -0.1) is 0 Å². The number of rotatable bonds is 6. The van der Waals surface area contributed by atoms with Gasteiger partial charge in [0, 0.05) is 6.54 Å². The first-order valence-electron chi connectivity index (χ1n) is 4.11. The van der Waals surface area contributed by atoms with Crippen LogP contribution in [0.5, 0.6) is 0 Å². The van der Waals surface area contributed by atoms with Gasteiger partial charge in [0.2, 0.25) is 0 Å². The number of hydrogen-bond donors (Lipinski definition) is 4. The number of aliphatic hydroxyl groups is 3. The summed E-state index contributed by atoms with van der Waals surface area (Å²) in [7, 11) is 0. The third-order valence-electron chi connectivity index (χ3n) is 1.91. The van der Waals surface area contributed by atoms with Crippen LogP contribution in [-0.2, 0) is 0 Å². The summed E-state index contributed by atoms with van der Waals surface area (Å²) in [5.41, 5.74) is -1.08. The van der Waals surface area contributed by atoms with Crippen molar-refractivity contribution in [2.24, 2.45) is 5.92 Å². The molecule has 0 saturated carbocycles. The first-order valence-corrected chi connectivity index (χ1v) is 4.11. The van der Waals surface area contributed by atoms with Crippen LogP contribution in [-0.4, -0.2) is 47.2 Å². The average molecular weight is 188 g/mol. The van der Waals surface area contributed by atoms with E-state index in [1.54, 1.807) is 6.92 Å². The SMILES string of the molecule is CC(C#N)CNC(CO)(CO)CO. The molecule has 0 aromatic heterocycles. The molecule has 0 aromatic carbocycles. The fourth-order valence-electron chi connectivity index (χ4n) is 0.733. The zero-order chi connectivity index (χ0) is 10.3. The second-order valence-electron chi connectivity index (χ2n) is 3.17. The molecule has 0 aliphatic heterocycles. The van der Waals surface area contributed by atoms with Gasteiger partial charge in [-0.1, -0.05) is 0 Å². The standard InChI is InChI=1S/C8H16N2O3/c1-7(2-9)3-10-8(4-11,5-12)6-13/h7,10-13H,3-6H2,1H3. The molecule has 0 amide bonds. The highest BCUT2D eigenvalue weighted by Gasteiger charge is 2.27. The lowest BCUT2D eigenvalue weighted by molar-refractivity contribution is 0.0415. The monoisotopic (exact) mass is 188 g/mol. The van der Waals surface area contributed by atoms with Gasteiger partial charge in [-0.25, -0.2) is 0 Å². The molecule has 13 heavy (non-hydrogen) atoms. The van der Waals surface area contributed by atoms with Crippen LogP contribution in [0.4, 0.5) is 0 Å². The van der Waals surface area contributed by atoms with Crippen molar-refractivity contribution in [2.75, 3.05) is 26.4 Å². The minimum Gasteiger partial charge on any atom is -0.394 e. The molecule has 0 heterocycles. The Hall–Kier alpha value is -0.670. The van der Waals surface area contributed by atoms with E-state index in [-0.39, 0.29) is 25.7 Å². The number of hydrogen-bond acceptors (Lipinski definition) is 5. The van der Waals surface area contributed by atoms with Crippen molar-refractivity contribution in [3.63, 3.8) is 0 Å². The van der Waals surface area contributed by atoms with E-state index in [1.807, 2.05) is 6.07 Å². The summed E-state index contributed by atoms with van der Waals surface area (Å²) >= 11 is 0. The quantitative estimate of drug-likeness (QED) is 0.405. The van der Waals surface area contributed by atoms with Crippen molar-refractivity contribution < 1.29 is 15.3 Å². The first kappa shape index (κ1) is 12.3. The molecule has 0 aromatic rings. The molecule has 1 unspecified atom stereocenters. The van der Waals surface area contributed by atoms with Gasteiger partial charge in [-0.2, -0.15) is 5.26 Å². The maximum absolute atomic E-state index is 8.90. The second-order valence-corrected chi connectivity index (χ2v) is 3.17. The van der Waals surface area contributed by atoms with Crippen molar-refractivity contribution >= 4 is 0 Å². The van der Waals surface area contributed by atoms with E-state index in [9.17, 15) is 0 Å². The highest BCUT2D eigenvalue weighted by molar-refractivity contribution is 4.89. The lowest BCUT2D eigenvalue weighted by atomic mass is 10.0. The van der Waals surface area contributed by atoms with Crippen LogP contribution >= 0.6 is 0 Å². The Balaban J connectivity index is 4.04. The molecule has 0 rings (SSSR count). The minimum atomic E-state index is -1.08. The molecule has 0 radical (unpaired) electrons. The van der Waals surface area contributed by atoms with Gasteiger partial charge < -0.3 is 20.6 Å². The second kappa shape index (κ2) is 5.89. The summed E-state index contributed by atoms with van der Waals surface area (Å²) in [5, 5.41) is 37.9. The zero-order valence-corrected chi connectivity index (χ0v) is 7.69. The van der Waals surface area contributed by atoms with Gasteiger partial charge in [0.1, 0.15) is 0 Å². The van der Waals surface area contributed by atoms with Crippen molar-refractivity contribution in [1.82, 2.24) is 5.32 Å². The van der Waals surface area contributed by atoms with Crippen LogP contribution in [0, 0.1) is 17.2 Å². The fourth-order valence-corrected chi connectivity index (χ4v) is 0.733. The molecule has 76 valence electrons. The van der Waals surface area contributed by atoms with E-state index < -0.39 is 5.54 Å². The Morgan fingerprint density at radius 2 is 1.77 bits per heavy atom. The summed E-state index contributed by atoms with van der Waals surface area (Å²) in [5.74, 6) is -0.218. The van der Waals surface area contributed by atoms with Crippen LogP contribution in [0.15, 0.2) is 0 Å². The maximum atomic E-state index is 8.90. The molecular formula is C8H16N2O3. The molecule has 5 heteroatoms. The zero-order valence-electron chi connectivity index (χ0n) is 7.69. The van der Waals surface area contributed by atoms with E-state index >= 15 is 0 Å². The van der Waals surface area contributed by atoms with E-state index in [0.717, 1.165) is 0 Å². The molecule has 0 spiro atoms. The van der Waals surface area contributed by atoms with Gasteiger partial charge in [-0.05, 0) is 6.92 Å². The van der Waals surface area contributed by atoms with E-state index in [0.29, 0.717) is 6.54 Å². The Bertz CT molecular complexity index is 166. The third-order valence-corrected chi connectivity index (χ3v) is 1.91. The summed E-state index contributed by atoms with van der Waals surface area (Å²) in [6.07, 6.45) is 0. The Labute approximate surface area is 77.6 Å². The topological polar surface area (TPSA) is 96.5 Å². The molecule has 1 atom stereocenters. The van der Waals surface area contributed by atoms with Crippen molar-refractivity contribution in [3.05, 3.63) is 0 Å². The maximum Gasteiger partial charge on any atom is 0.0882 e. The number of aliphatic hydroxyl groups excluding tert-OH is 3. The minimum absolute atomic E-state index is 0.218. The lowest BCUT2D eigenvalue weighted by Gasteiger charge is -2.29. The van der Waals surface area contributed by atoms with Crippen LogP contribution < -0.4 is 5.32 Å². The Kier molecular flexibility index (Phi) is 5.58. The highest BCUT2D eigenvalue weighted by Crippen LogP contribution is 2.02. The highest BCUT2D eigenvalue weighted by atomic mass is 16.3. The molecule has 4 N–H and O–H groups in total.